The summed E-state index contributed by atoms with van der Waals surface area (Å²) < 4.78 is 3.59. The van der Waals surface area contributed by atoms with Crippen molar-refractivity contribution in [2.75, 3.05) is 11.1 Å². The number of carboxylic acids is 1. The molecule has 0 saturated heterocycles. The van der Waals surface area contributed by atoms with Gasteiger partial charge in [0, 0.05) is 45.7 Å². The van der Waals surface area contributed by atoms with Crippen molar-refractivity contribution in [3.8, 4) is 22.5 Å². The number of fused-ring (bicyclic) bond motifs is 2. The summed E-state index contributed by atoms with van der Waals surface area (Å²) >= 11 is 0. The molecule has 4 fully saturated rings. The second-order valence-corrected chi connectivity index (χ2v) is 17.6. The predicted octanol–water partition coefficient (Wildman–Crippen LogP) is 8.51. The lowest BCUT2D eigenvalue weighted by Crippen LogP contribution is -2.30. The maximum atomic E-state index is 13.4. The number of aromatic nitrogens is 8. The van der Waals surface area contributed by atoms with Crippen LogP contribution in [0, 0.1) is 23.7 Å². The zero-order valence-electron chi connectivity index (χ0n) is 35.5. The van der Waals surface area contributed by atoms with Gasteiger partial charge in [-0.3, -0.25) is 24.6 Å². The first-order valence-corrected chi connectivity index (χ1v) is 22.2. The van der Waals surface area contributed by atoms with E-state index in [9.17, 15) is 19.2 Å². The first-order chi connectivity index (χ1) is 31.7. The van der Waals surface area contributed by atoms with E-state index in [0.29, 0.717) is 40.3 Å². The fourth-order valence-electron chi connectivity index (χ4n) is 8.86. The molecule has 0 unspecified atom stereocenters. The highest BCUT2D eigenvalue weighted by Crippen LogP contribution is 2.52. The summed E-state index contributed by atoms with van der Waals surface area (Å²) in [5, 5.41) is 36.4. The minimum absolute atomic E-state index is 0.0112. The Kier molecular flexibility index (Phi) is 11.1. The van der Waals surface area contributed by atoms with E-state index < -0.39 is 5.97 Å². The van der Waals surface area contributed by atoms with Gasteiger partial charge >= 0.3 is 5.97 Å². The summed E-state index contributed by atoms with van der Waals surface area (Å²) in [6, 6.07) is 31.4. The third-order valence-electron chi connectivity index (χ3n) is 12.7. The summed E-state index contributed by atoms with van der Waals surface area (Å²) in [5.74, 6) is 1.21. The molecule has 4 aromatic heterocycles. The topological polar surface area (TPSA) is 220 Å². The number of aromatic amines is 2. The number of carboxylic acid groups (broad SMARTS) is 1. The van der Waals surface area contributed by atoms with Crippen LogP contribution in [0.1, 0.15) is 84.2 Å². The van der Waals surface area contributed by atoms with Gasteiger partial charge in [-0.2, -0.15) is 20.4 Å². The minimum atomic E-state index is -0.959. The van der Waals surface area contributed by atoms with Crippen molar-refractivity contribution in [3.63, 3.8) is 0 Å². The van der Waals surface area contributed by atoms with Crippen LogP contribution in [0.15, 0.2) is 131 Å². The van der Waals surface area contributed by atoms with Crippen LogP contribution in [0.2, 0.25) is 0 Å². The number of amides is 1. The van der Waals surface area contributed by atoms with E-state index in [-0.39, 0.29) is 34.7 Å². The first kappa shape index (κ1) is 41.3. The molecule has 0 atom stereocenters. The molecule has 4 aliphatic rings. The molecule has 15 heteroatoms. The first-order valence-electron chi connectivity index (χ1n) is 22.2. The fourth-order valence-corrected chi connectivity index (χ4v) is 8.86. The largest absolute Gasteiger partial charge is 0.478 e. The van der Waals surface area contributed by atoms with Crippen molar-refractivity contribution in [1.29, 1.82) is 0 Å². The molecule has 4 saturated carbocycles. The zero-order valence-corrected chi connectivity index (χ0v) is 35.5. The quantitative estimate of drug-likeness (QED) is 0.0780. The molecule has 0 aliphatic heterocycles. The number of hydrogen-bond acceptors (Lipinski definition) is 9. The van der Waals surface area contributed by atoms with Gasteiger partial charge in [0.2, 0.25) is 0 Å². The summed E-state index contributed by atoms with van der Waals surface area (Å²) in [5.41, 5.74) is 11.6. The van der Waals surface area contributed by atoms with Gasteiger partial charge in [0.25, 0.3) is 17.0 Å². The standard InChI is InChI=1S/C25H23N5O2.C21H21N3O.C4H4N2O2/c31-24(18-13-26-27-14-18)28-19-11-9-15(10-12-19)22-20-3-1-2-4-21(20)25(32)30(29-22)23(16-5-6-16)17-7-8-17;22-16-11-9-13(10-12-16)19-17-3-1-2-4-18(17)21(25)24(23-19)20(14-5-6-14)15-7-8-15;7-4(8)3-1-5-6-2-3/h1-4,9-14,16-17,23H,5-8H2,(H,26,27)(H,28,31);1-4,9-12,14-15,20H,5-8,22H2;1-2H,(H,5,6)(H,7,8). The van der Waals surface area contributed by atoms with Crippen molar-refractivity contribution in [2.45, 2.75) is 63.5 Å². The Bertz CT molecular complexity index is 3090. The number of nitrogen functional groups attached to an aromatic ring is 1. The van der Waals surface area contributed by atoms with Gasteiger partial charge in [-0.05, 0) is 111 Å². The maximum Gasteiger partial charge on any atom is 0.338 e. The van der Waals surface area contributed by atoms with Gasteiger partial charge < -0.3 is 16.2 Å². The Hall–Kier alpha value is -7.68. The van der Waals surface area contributed by atoms with Gasteiger partial charge in [0.05, 0.1) is 57.8 Å². The molecule has 4 aliphatic carbocycles. The summed E-state index contributed by atoms with van der Waals surface area (Å²) in [6.07, 6.45) is 15.2. The van der Waals surface area contributed by atoms with E-state index in [0.717, 1.165) is 44.4 Å². The third kappa shape index (κ3) is 8.94. The number of anilines is 2. The average Bonchev–Trinajstić information content (AvgIpc) is 4.11. The van der Waals surface area contributed by atoms with Crippen LogP contribution in [0.25, 0.3) is 44.1 Å². The normalized spacial score (nSPS) is 15.6. The van der Waals surface area contributed by atoms with Gasteiger partial charge in [-0.15, -0.1) is 0 Å². The number of aromatic carboxylic acids is 1. The van der Waals surface area contributed by atoms with Crippen LogP contribution >= 0.6 is 0 Å². The number of nitrogens with two attached hydrogens (primary N) is 1. The number of nitrogens with one attached hydrogen (secondary N) is 3. The van der Waals surface area contributed by atoms with Crippen LogP contribution in [0.5, 0.6) is 0 Å². The van der Waals surface area contributed by atoms with E-state index in [4.69, 9.17) is 21.0 Å². The monoisotopic (exact) mass is 868 g/mol. The van der Waals surface area contributed by atoms with Gasteiger partial charge in [-0.1, -0.05) is 60.7 Å². The van der Waals surface area contributed by atoms with E-state index in [1.165, 1.54) is 70.0 Å². The number of hydrogen-bond donors (Lipinski definition) is 5. The van der Waals surface area contributed by atoms with Crippen LogP contribution in [-0.4, -0.2) is 56.9 Å². The third-order valence-corrected chi connectivity index (χ3v) is 12.7. The predicted molar refractivity (Wildman–Crippen MR) is 248 cm³/mol. The smallest absolute Gasteiger partial charge is 0.338 e. The van der Waals surface area contributed by atoms with E-state index in [1.54, 1.807) is 10.9 Å². The fraction of sp³-hybridized carbons (Fsp3) is 0.280. The molecule has 0 spiro atoms. The average molecular weight is 869 g/mol. The van der Waals surface area contributed by atoms with E-state index in [1.807, 2.05) is 102 Å². The molecule has 328 valence electrons. The van der Waals surface area contributed by atoms with Gasteiger partial charge in [-0.25, -0.2) is 14.2 Å². The number of carbonyl (C=O) groups excluding carboxylic acids is 1. The number of carbonyl (C=O) groups is 2. The molecule has 4 heterocycles. The molecule has 0 radical (unpaired) electrons. The van der Waals surface area contributed by atoms with Crippen molar-refractivity contribution in [3.05, 3.63) is 154 Å². The molecule has 0 bridgehead atoms. The van der Waals surface area contributed by atoms with Crippen LogP contribution in [-0.2, 0) is 0 Å². The molecule has 15 nitrogen and oxygen atoms in total. The summed E-state index contributed by atoms with van der Waals surface area (Å²) in [4.78, 5) is 48.8. The Morgan fingerprint density at radius 1 is 0.585 bits per heavy atom. The number of benzene rings is 4. The number of H-pyrrole nitrogens is 2. The Balaban J connectivity index is 0.000000134. The molecular formula is C50H48N10O5. The highest BCUT2D eigenvalue weighted by Gasteiger charge is 2.45. The lowest BCUT2D eigenvalue weighted by Gasteiger charge is -2.20. The summed E-state index contributed by atoms with van der Waals surface area (Å²) in [6.45, 7) is 0. The van der Waals surface area contributed by atoms with Crippen LogP contribution in [0.4, 0.5) is 11.4 Å². The van der Waals surface area contributed by atoms with Crippen molar-refractivity contribution < 1.29 is 14.7 Å². The van der Waals surface area contributed by atoms with Gasteiger partial charge in [0.15, 0.2) is 0 Å². The second-order valence-electron chi connectivity index (χ2n) is 17.6. The zero-order chi connectivity index (χ0) is 44.6. The Morgan fingerprint density at radius 2 is 0.985 bits per heavy atom. The van der Waals surface area contributed by atoms with Crippen molar-refractivity contribution in [2.24, 2.45) is 23.7 Å². The Morgan fingerprint density at radius 3 is 1.35 bits per heavy atom. The Labute approximate surface area is 372 Å². The SMILES string of the molecule is Nc1ccc(-c2nn(C(C3CC3)C3CC3)c(=O)c3ccccc23)cc1.O=C(Nc1ccc(-c2nn(C(C3CC3)C3CC3)c(=O)c3ccccc23)cc1)c1cn[nH]c1.O=C(O)c1cn[nH]c1. The second kappa shape index (κ2) is 17.5. The van der Waals surface area contributed by atoms with Crippen LogP contribution in [0.3, 0.4) is 0 Å². The van der Waals surface area contributed by atoms with Crippen molar-refractivity contribution in [1.82, 2.24) is 40.0 Å². The molecule has 6 N–H and O–H groups in total. The number of nitrogens with zero attached hydrogens (tertiary/aromatic N) is 6. The lowest BCUT2D eigenvalue weighted by molar-refractivity contribution is 0.0696. The molecular weight excluding hydrogens is 821 g/mol. The van der Waals surface area contributed by atoms with E-state index >= 15 is 0 Å². The summed E-state index contributed by atoms with van der Waals surface area (Å²) in [7, 11) is 0. The molecule has 8 aromatic rings. The van der Waals surface area contributed by atoms with Crippen molar-refractivity contribution >= 4 is 44.8 Å². The van der Waals surface area contributed by atoms with Gasteiger partial charge in [0.1, 0.15) is 0 Å². The number of rotatable bonds is 11. The minimum Gasteiger partial charge on any atom is -0.478 e. The molecule has 4 aromatic carbocycles. The molecule has 12 rings (SSSR count). The molecule has 1 amide bonds. The van der Waals surface area contributed by atoms with E-state index in [2.05, 4.69) is 25.7 Å². The highest BCUT2D eigenvalue weighted by molar-refractivity contribution is 6.04. The van der Waals surface area contributed by atoms with Crippen LogP contribution < -0.4 is 22.2 Å². The molecule has 65 heavy (non-hydrogen) atoms. The highest BCUT2D eigenvalue weighted by atomic mass is 16.4. The maximum absolute atomic E-state index is 13.4. The lowest BCUT2D eigenvalue weighted by atomic mass is 10.0.